The van der Waals surface area contributed by atoms with Crippen LogP contribution in [0.1, 0.15) is 25.5 Å². The normalized spacial score (nSPS) is 12.1. The Morgan fingerprint density at radius 2 is 1.70 bits per heavy atom. The van der Waals surface area contributed by atoms with Crippen LogP contribution in [-0.4, -0.2) is 21.2 Å². The predicted molar refractivity (Wildman–Crippen MR) is 112 cm³/mol. The lowest BCUT2D eigenvalue weighted by atomic mass is 9.96. The second-order valence-electron chi connectivity index (χ2n) is 6.84. The fourth-order valence-corrected chi connectivity index (χ4v) is 3.81. The van der Waals surface area contributed by atoms with Crippen molar-refractivity contribution in [3.8, 4) is 11.3 Å². The van der Waals surface area contributed by atoms with Gasteiger partial charge in [0.05, 0.1) is 23.7 Å². The molecule has 1 amide bonds. The highest BCUT2D eigenvalue weighted by Crippen LogP contribution is 2.25. The van der Waals surface area contributed by atoms with Gasteiger partial charge in [0.2, 0.25) is 5.91 Å². The van der Waals surface area contributed by atoms with Gasteiger partial charge in [0.1, 0.15) is 0 Å². The molecule has 0 saturated carbocycles. The number of aromatic nitrogens is 2. The summed E-state index contributed by atoms with van der Waals surface area (Å²) in [6.45, 7) is 4.24. The van der Waals surface area contributed by atoms with Crippen LogP contribution in [0.4, 0.5) is 0 Å². The monoisotopic (exact) mass is 379 g/mol. The van der Waals surface area contributed by atoms with E-state index in [1.165, 1.54) is 11.8 Å². The minimum absolute atomic E-state index is 0.0144. The Balaban J connectivity index is 1.63. The number of carbonyl (C=O) groups is 1. The number of hydrogen-bond donors (Lipinski definition) is 1. The lowest BCUT2D eigenvalue weighted by Crippen LogP contribution is -2.33. The van der Waals surface area contributed by atoms with E-state index in [9.17, 15) is 4.79 Å². The van der Waals surface area contributed by atoms with Crippen LogP contribution in [0.3, 0.4) is 0 Å². The van der Waals surface area contributed by atoms with E-state index in [2.05, 4.69) is 48.4 Å². The second-order valence-corrected chi connectivity index (χ2v) is 7.78. The van der Waals surface area contributed by atoms with Gasteiger partial charge in [-0.15, -0.1) is 0 Å². The van der Waals surface area contributed by atoms with Crippen molar-refractivity contribution in [2.45, 2.75) is 25.0 Å². The number of rotatable bonds is 7. The van der Waals surface area contributed by atoms with Crippen LogP contribution >= 0.6 is 11.8 Å². The molecule has 0 bridgehead atoms. The number of imidazole rings is 1. The average molecular weight is 380 g/mol. The molecule has 1 N–H and O–H groups in total. The maximum atomic E-state index is 12.5. The Morgan fingerprint density at radius 3 is 2.33 bits per heavy atom. The van der Waals surface area contributed by atoms with Gasteiger partial charge in [-0.1, -0.05) is 86.3 Å². The molecule has 3 rings (SSSR count). The molecule has 3 aromatic rings. The molecule has 1 atom stereocenters. The minimum Gasteiger partial charge on any atom is -0.348 e. The fraction of sp³-hybridized carbons (Fsp3) is 0.273. The van der Waals surface area contributed by atoms with Crippen LogP contribution in [-0.2, 0) is 11.8 Å². The second kappa shape index (κ2) is 8.91. The average Bonchev–Trinajstić information content (AvgIpc) is 3.06. The predicted octanol–water partition coefficient (Wildman–Crippen LogP) is 4.69. The Labute approximate surface area is 165 Å². The molecule has 0 aliphatic rings. The molecule has 0 radical (unpaired) electrons. The quantitative estimate of drug-likeness (QED) is 0.606. The molecule has 1 heterocycles. The van der Waals surface area contributed by atoms with Crippen LogP contribution in [0.2, 0.25) is 0 Å². The number of nitrogens with one attached hydrogen (secondary N) is 1. The van der Waals surface area contributed by atoms with Crippen molar-refractivity contribution in [1.29, 1.82) is 0 Å². The zero-order chi connectivity index (χ0) is 19.2. The van der Waals surface area contributed by atoms with Gasteiger partial charge in [-0.2, -0.15) is 0 Å². The summed E-state index contributed by atoms with van der Waals surface area (Å²) in [5.41, 5.74) is 3.30. The number of nitrogens with zero attached hydrogens (tertiary/aromatic N) is 2. The van der Waals surface area contributed by atoms with Crippen LogP contribution < -0.4 is 5.32 Å². The van der Waals surface area contributed by atoms with E-state index in [4.69, 9.17) is 0 Å². The molecule has 0 fully saturated rings. The lowest BCUT2D eigenvalue weighted by Gasteiger charge is -2.22. The molecule has 2 aromatic carbocycles. The highest BCUT2D eigenvalue weighted by atomic mass is 32.2. The van der Waals surface area contributed by atoms with Gasteiger partial charge in [0, 0.05) is 7.05 Å². The number of carbonyl (C=O) groups excluding carboxylic acids is 1. The van der Waals surface area contributed by atoms with E-state index < -0.39 is 0 Å². The summed E-state index contributed by atoms with van der Waals surface area (Å²) in [4.78, 5) is 17.0. The molecular weight excluding hydrogens is 354 g/mol. The zero-order valence-corrected chi connectivity index (χ0v) is 16.7. The molecule has 0 saturated heterocycles. The Kier molecular flexibility index (Phi) is 6.35. The summed E-state index contributed by atoms with van der Waals surface area (Å²) >= 11 is 1.46. The van der Waals surface area contributed by atoms with Gasteiger partial charge in [-0.25, -0.2) is 4.98 Å². The summed E-state index contributed by atoms with van der Waals surface area (Å²) < 4.78 is 2.03. The zero-order valence-electron chi connectivity index (χ0n) is 15.9. The molecule has 0 aliphatic heterocycles. The van der Waals surface area contributed by atoms with Crippen molar-refractivity contribution in [2.75, 3.05) is 5.75 Å². The van der Waals surface area contributed by atoms with Gasteiger partial charge < -0.3 is 9.88 Å². The highest BCUT2D eigenvalue weighted by Gasteiger charge is 2.19. The van der Waals surface area contributed by atoms with Crippen LogP contribution in [0.5, 0.6) is 0 Å². The lowest BCUT2D eigenvalue weighted by molar-refractivity contribution is -0.119. The summed E-state index contributed by atoms with van der Waals surface area (Å²) in [7, 11) is 1.98. The summed E-state index contributed by atoms with van der Waals surface area (Å²) in [6.07, 6.45) is 1.86. The number of amides is 1. The molecule has 5 heteroatoms. The van der Waals surface area contributed by atoms with E-state index in [-0.39, 0.29) is 11.9 Å². The first-order valence-electron chi connectivity index (χ1n) is 9.10. The van der Waals surface area contributed by atoms with E-state index in [1.807, 2.05) is 54.2 Å². The summed E-state index contributed by atoms with van der Waals surface area (Å²) in [5.74, 6) is 0.681. The summed E-state index contributed by atoms with van der Waals surface area (Å²) in [5, 5.41) is 4.00. The maximum Gasteiger partial charge on any atom is 0.230 e. The molecular formula is C22H25N3OS. The van der Waals surface area contributed by atoms with Crippen molar-refractivity contribution in [1.82, 2.24) is 14.9 Å². The number of thioether (sulfide) groups is 1. The van der Waals surface area contributed by atoms with E-state index in [0.717, 1.165) is 22.0 Å². The third-order valence-corrected chi connectivity index (χ3v) is 5.53. The third-order valence-electron chi connectivity index (χ3n) is 4.49. The van der Waals surface area contributed by atoms with Crippen molar-refractivity contribution in [3.05, 3.63) is 72.4 Å². The molecule has 27 heavy (non-hydrogen) atoms. The van der Waals surface area contributed by atoms with Crippen LogP contribution in [0.25, 0.3) is 11.3 Å². The number of hydrogen-bond acceptors (Lipinski definition) is 3. The molecule has 140 valence electrons. The van der Waals surface area contributed by atoms with Gasteiger partial charge in [-0.05, 0) is 17.0 Å². The van der Waals surface area contributed by atoms with Crippen molar-refractivity contribution in [3.63, 3.8) is 0 Å². The maximum absolute atomic E-state index is 12.5. The summed E-state index contributed by atoms with van der Waals surface area (Å²) in [6, 6.07) is 20.3. The molecule has 1 unspecified atom stereocenters. The Morgan fingerprint density at radius 1 is 1.07 bits per heavy atom. The van der Waals surface area contributed by atoms with E-state index in [0.29, 0.717) is 11.7 Å². The van der Waals surface area contributed by atoms with Crippen molar-refractivity contribution in [2.24, 2.45) is 13.0 Å². The molecule has 1 aromatic heterocycles. The van der Waals surface area contributed by atoms with Gasteiger partial charge in [0.15, 0.2) is 5.16 Å². The minimum atomic E-state index is 0.0144. The molecule has 0 aliphatic carbocycles. The first-order chi connectivity index (χ1) is 13.1. The Hall–Kier alpha value is -2.53. The largest absolute Gasteiger partial charge is 0.348 e. The SMILES string of the molecule is CC(C)C(NC(=O)CSc1ncc(-c2ccccc2)n1C)c1ccccc1. The van der Waals surface area contributed by atoms with Crippen LogP contribution in [0.15, 0.2) is 72.0 Å². The smallest absolute Gasteiger partial charge is 0.230 e. The van der Waals surface area contributed by atoms with E-state index in [1.54, 1.807) is 0 Å². The first-order valence-corrected chi connectivity index (χ1v) is 10.1. The fourth-order valence-electron chi connectivity index (χ4n) is 3.04. The Bertz CT molecular complexity index is 875. The highest BCUT2D eigenvalue weighted by molar-refractivity contribution is 7.99. The number of benzene rings is 2. The van der Waals surface area contributed by atoms with Crippen molar-refractivity contribution >= 4 is 17.7 Å². The van der Waals surface area contributed by atoms with Crippen LogP contribution in [0, 0.1) is 5.92 Å². The molecule has 4 nitrogen and oxygen atoms in total. The van der Waals surface area contributed by atoms with Gasteiger partial charge in [0.25, 0.3) is 0 Å². The topological polar surface area (TPSA) is 46.9 Å². The van der Waals surface area contributed by atoms with E-state index >= 15 is 0 Å². The van der Waals surface area contributed by atoms with Gasteiger partial charge in [-0.3, -0.25) is 4.79 Å². The standard InChI is InChI=1S/C22H25N3OS/c1-16(2)21(18-12-8-5-9-13-18)24-20(26)15-27-22-23-14-19(25(22)3)17-10-6-4-7-11-17/h4-14,16,21H,15H2,1-3H3,(H,24,26). The molecule has 0 spiro atoms. The van der Waals surface area contributed by atoms with Gasteiger partial charge >= 0.3 is 0 Å². The third kappa shape index (κ3) is 4.80. The van der Waals surface area contributed by atoms with Crippen molar-refractivity contribution < 1.29 is 4.79 Å². The first kappa shape index (κ1) is 19.2.